The summed E-state index contributed by atoms with van der Waals surface area (Å²) < 4.78 is 10.6. The largest absolute Gasteiger partial charge is 0.493 e. The third-order valence-electron chi connectivity index (χ3n) is 5.22. The molecule has 1 saturated heterocycles. The van der Waals surface area contributed by atoms with E-state index in [9.17, 15) is 4.79 Å². The van der Waals surface area contributed by atoms with E-state index in [1.807, 2.05) is 24.3 Å². The normalized spacial score (nSPS) is 14.8. The van der Waals surface area contributed by atoms with E-state index in [0.717, 1.165) is 31.7 Å². The smallest absolute Gasteiger partial charge is 0.215 e. The number of rotatable bonds is 5. The van der Waals surface area contributed by atoms with Crippen molar-refractivity contribution in [2.24, 2.45) is 0 Å². The molecule has 150 valence electrons. The maximum Gasteiger partial charge on any atom is 0.215 e. The monoisotopic (exact) mass is 392 g/mol. The van der Waals surface area contributed by atoms with Gasteiger partial charge < -0.3 is 19.3 Å². The van der Waals surface area contributed by atoms with E-state index in [-0.39, 0.29) is 5.78 Å². The van der Waals surface area contributed by atoms with Crippen molar-refractivity contribution in [3.8, 4) is 11.5 Å². The maximum atomic E-state index is 13.4. The molecule has 1 aliphatic rings. The van der Waals surface area contributed by atoms with Crippen molar-refractivity contribution in [1.29, 1.82) is 0 Å². The standard InChI is InChI=1S/C22H24N4O3/c1-25-10-12-26(13-11-25)22-20(23-16-6-4-5-7-17(16)24-22)21(27)15-8-9-18(28-2)19(14-15)29-3/h4-9,14H,10-13H2,1-3H3. The van der Waals surface area contributed by atoms with Gasteiger partial charge in [0.1, 0.15) is 0 Å². The first-order valence-corrected chi connectivity index (χ1v) is 9.57. The number of hydrogen-bond donors (Lipinski definition) is 0. The summed E-state index contributed by atoms with van der Waals surface area (Å²) in [5, 5.41) is 0. The van der Waals surface area contributed by atoms with Gasteiger partial charge in [0.15, 0.2) is 23.0 Å². The van der Waals surface area contributed by atoms with E-state index in [1.54, 1.807) is 32.4 Å². The van der Waals surface area contributed by atoms with Crippen LogP contribution in [0.15, 0.2) is 42.5 Å². The Morgan fingerprint density at radius 2 is 1.55 bits per heavy atom. The Kier molecular flexibility index (Phi) is 5.31. The van der Waals surface area contributed by atoms with Gasteiger partial charge >= 0.3 is 0 Å². The number of likely N-dealkylation sites (N-methyl/N-ethyl adjacent to an activating group) is 1. The number of carbonyl (C=O) groups excluding carboxylic acids is 1. The number of methoxy groups -OCH3 is 2. The lowest BCUT2D eigenvalue weighted by molar-refractivity contribution is 0.103. The number of aromatic nitrogens is 2. The number of piperazine rings is 1. The summed E-state index contributed by atoms with van der Waals surface area (Å²) >= 11 is 0. The second-order valence-corrected chi connectivity index (χ2v) is 7.07. The minimum atomic E-state index is -0.182. The number of nitrogens with zero attached hydrogens (tertiary/aromatic N) is 4. The van der Waals surface area contributed by atoms with Gasteiger partial charge in [-0.1, -0.05) is 12.1 Å². The molecule has 0 N–H and O–H groups in total. The Labute approximate surface area is 169 Å². The van der Waals surface area contributed by atoms with Crippen LogP contribution in [0.4, 0.5) is 5.82 Å². The molecule has 0 unspecified atom stereocenters. The number of para-hydroxylation sites is 2. The van der Waals surface area contributed by atoms with E-state index in [0.29, 0.717) is 34.1 Å². The third kappa shape index (κ3) is 3.73. The van der Waals surface area contributed by atoms with Crippen molar-refractivity contribution >= 4 is 22.6 Å². The summed E-state index contributed by atoms with van der Waals surface area (Å²) in [5.74, 6) is 1.54. The number of benzene rings is 2. The summed E-state index contributed by atoms with van der Waals surface area (Å²) in [4.78, 5) is 27.4. The Morgan fingerprint density at radius 3 is 2.21 bits per heavy atom. The van der Waals surface area contributed by atoms with Crippen LogP contribution in [0.2, 0.25) is 0 Å². The topological polar surface area (TPSA) is 67.8 Å². The Balaban J connectivity index is 1.81. The van der Waals surface area contributed by atoms with E-state index in [1.165, 1.54) is 0 Å². The molecular weight excluding hydrogens is 368 g/mol. The Hall–Kier alpha value is -3.19. The fraction of sp³-hybridized carbons (Fsp3) is 0.318. The van der Waals surface area contributed by atoms with Crippen LogP contribution in [0.5, 0.6) is 11.5 Å². The van der Waals surface area contributed by atoms with Crippen molar-refractivity contribution < 1.29 is 14.3 Å². The molecule has 4 rings (SSSR count). The Bertz CT molecular complexity index is 1050. The zero-order valence-electron chi connectivity index (χ0n) is 16.9. The van der Waals surface area contributed by atoms with Crippen LogP contribution in [-0.4, -0.2) is 68.1 Å². The predicted octanol–water partition coefficient (Wildman–Crippen LogP) is 2.63. The highest BCUT2D eigenvalue weighted by Crippen LogP contribution is 2.30. The molecule has 0 amide bonds. The minimum Gasteiger partial charge on any atom is -0.493 e. The zero-order chi connectivity index (χ0) is 20.4. The van der Waals surface area contributed by atoms with Crippen molar-refractivity contribution in [3.05, 3.63) is 53.7 Å². The van der Waals surface area contributed by atoms with Crippen LogP contribution in [-0.2, 0) is 0 Å². The number of carbonyl (C=O) groups is 1. The molecule has 2 aromatic carbocycles. The molecule has 0 atom stereocenters. The van der Waals surface area contributed by atoms with Gasteiger partial charge in [-0.15, -0.1) is 0 Å². The highest BCUT2D eigenvalue weighted by Gasteiger charge is 2.25. The molecule has 3 aromatic rings. The first-order valence-electron chi connectivity index (χ1n) is 9.57. The summed E-state index contributed by atoms with van der Waals surface area (Å²) in [6.07, 6.45) is 0. The average Bonchev–Trinajstić information content (AvgIpc) is 2.77. The Morgan fingerprint density at radius 1 is 0.897 bits per heavy atom. The molecule has 2 heterocycles. The molecule has 7 heteroatoms. The van der Waals surface area contributed by atoms with Gasteiger partial charge in [-0.05, 0) is 37.4 Å². The molecule has 0 bridgehead atoms. The highest BCUT2D eigenvalue weighted by molar-refractivity contribution is 6.11. The van der Waals surface area contributed by atoms with Crippen molar-refractivity contribution in [1.82, 2.24) is 14.9 Å². The van der Waals surface area contributed by atoms with Crippen LogP contribution in [0.1, 0.15) is 16.1 Å². The van der Waals surface area contributed by atoms with E-state index in [4.69, 9.17) is 19.4 Å². The van der Waals surface area contributed by atoms with Gasteiger partial charge in [0.2, 0.25) is 5.78 Å². The fourth-order valence-corrected chi connectivity index (χ4v) is 3.50. The van der Waals surface area contributed by atoms with Gasteiger partial charge in [0.25, 0.3) is 0 Å². The van der Waals surface area contributed by atoms with Crippen LogP contribution < -0.4 is 14.4 Å². The quantitative estimate of drug-likeness (QED) is 0.618. The number of fused-ring (bicyclic) bond motifs is 1. The second kappa shape index (κ2) is 8.05. The molecule has 0 saturated carbocycles. The molecule has 1 aliphatic heterocycles. The zero-order valence-corrected chi connectivity index (χ0v) is 16.9. The lowest BCUT2D eigenvalue weighted by Gasteiger charge is -2.33. The molecule has 1 aromatic heterocycles. The van der Waals surface area contributed by atoms with Gasteiger partial charge in [-0.3, -0.25) is 4.79 Å². The van der Waals surface area contributed by atoms with E-state index < -0.39 is 0 Å². The van der Waals surface area contributed by atoms with Crippen LogP contribution in [0.25, 0.3) is 11.0 Å². The summed E-state index contributed by atoms with van der Waals surface area (Å²) in [5.41, 5.74) is 2.34. The molecule has 0 spiro atoms. The maximum absolute atomic E-state index is 13.4. The SMILES string of the molecule is COc1ccc(C(=O)c2nc3ccccc3nc2N2CCN(C)CC2)cc1OC. The first kappa shape index (κ1) is 19.1. The van der Waals surface area contributed by atoms with E-state index in [2.05, 4.69) is 16.8 Å². The number of anilines is 1. The third-order valence-corrected chi connectivity index (χ3v) is 5.22. The number of ether oxygens (including phenoxy) is 2. The van der Waals surface area contributed by atoms with Crippen LogP contribution in [0.3, 0.4) is 0 Å². The van der Waals surface area contributed by atoms with Crippen molar-refractivity contribution in [3.63, 3.8) is 0 Å². The molecule has 29 heavy (non-hydrogen) atoms. The molecule has 0 aliphatic carbocycles. The predicted molar refractivity (Wildman–Crippen MR) is 112 cm³/mol. The minimum absolute atomic E-state index is 0.182. The van der Waals surface area contributed by atoms with E-state index >= 15 is 0 Å². The summed E-state index contributed by atoms with van der Waals surface area (Å²) in [7, 11) is 5.22. The molecule has 1 fully saturated rings. The van der Waals surface area contributed by atoms with Crippen LogP contribution in [0, 0.1) is 0 Å². The lowest BCUT2D eigenvalue weighted by Crippen LogP contribution is -2.45. The summed E-state index contributed by atoms with van der Waals surface area (Å²) in [6, 6.07) is 12.8. The van der Waals surface area contributed by atoms with Gasteiger partial charge in [-0.25, -0.2) is 9.97 Å². The van der Waals surface area contributed by atoms with Gasteiger partial charge in [0, 0.05) is 31.7 Å². The van der Waals surface area contributed by atoms with Gasteiger partial charge in [0.05, 0.1) is 25.3 Å². The molecule has 7 nitrogen and oxygen atoms in total. The second-order valence-electron chi connectivity index (χ2n) is 7.07. The molecular formula is C22H24N4O3. The summed E-state index contributed by atoms with van der Waals surface area (Å²) in [6.45, 7) is 3.43. The highest BCUT2D eigenvalue weighted by atomic mass is 16.5. The van der Waals surface area contributed by atoms with Crippen molar-refractivity contribution in [2.75, 3.05) is 52.3 Å². The first-order chi connectivity index (χ1) is 14.1. The van der Waals surface area contributed by atoms with Gasteiger partial charge in [-0.2, -0.15) is 0 Å². The fourth-order valence-electron chi connectivity index (χ4n) is 3.50. The average molecular weight is 392 g/mol. The van der Waals surface area contributed by atoms with Crippen LogP contribution >= 0.6 is 0 Å². The van der Waals surface area contributed by atoms with Crippen molar-refractivity contribution in [2.45, 2.75) is 0 Å². The number of hydrogen-bond acceptors (Lipinski definition) is 7. The number of ketones is 1. The molecule has 0 radical (unpaired) electrons. The lowest BCUT2D eigenvalue weighted by atomic mass is 10.1.